The Bertz CT molecular complexity index is 756. The lowest BCUT2D eigenvalue weighted by atomic mass is 10.3. The zero-order valence-corrected chi connectivity index (χ0v) is 14.3. The summed E-state index contributed by atoms with van der Waals surface area (Å²) in [4.78, 5) is 41.3. The summed E-state index contributed by atoms with van der Waals surface area (Å²) >= 11 is 1.35. The molecule has 2 aromatic heterocycles. The van der Waals surface area contributed by atoms with E-state index in [-0.39, 0.29) is 37.2 Å². The van der Waals surface area contributed by atoms with Crippen LogP contribution in [0.15, 0.2) is 28.2 Å². The zero-order valence-electron chi connectivity index (χ0n) is 13.5. The van der Waals surface area contributed by atoms with E-state index in [0.29, 0.717) is 29.6 Å². The van der Waals surface area contributed by atoms with E-state index in [9.17, 15) is 14.4 Å². The Hall–Kier alpha value is -2.68. The minimum absolute atomic E-state index is 0.0681. The van der Waals surface area contributed by atoms with Crippen LogP contribution in [0.5, 0.6) is 0 Å². The third kappa shape index (κ3) is 4.66. The second-order valence-corrected chi connectivity index (χ2v) is 6.42. The van der Waals surface area contributed by atoms with Crippen molar-refractivity contribution in [2.75, 3.05) is 18.0 Å². The van der Waals surface area contributed by atoms with Gasteiger partial charge < -0.3 is 15.1 Å². The molecule has 1 aliphatic heterocycles. The highest BCUT2D eigenvalue weighted by Crippen LogP contribution is 2.25. The largest absolute Gasteiger partial charge is 0.467 e. The van der Waals surface area contributed by atoms with Crippen LogP contribution in [0.2, 0.25) is 0 Å². The first kappa shape index (κ1) is 17.2. The summed E-state index contributed by atoms with van der Waals surface area (Å²) in [5, 5.41) is 7.58. The summed E-state index contributed by atoms with van der Waals surface area (Å²) in [6.45, 7) is 0.843. The van der Waals surface area contributed by atoms with Gasteiger partial charge in [0.2, 0.25) is 17.7 Å². The van der Waals surface area contributed by atoms with Crippen LogP contribution in [0.3, 0.4) is 0 Å². The minimum Gasteiger partial charge on any atom is -0.467 e. The van der Waals surface area contributed by atoms with Gasteiger partial charge in [-0.25, -0.2) is 4.98 Å². The van der Waals surface area contributed by atoms with E-state index in [2.05, 4.69) is 15.6 Å². The molecule has 25 heavy (non-hydrogen) atoms. The molecule has 9 heteroatoms. The van der Waals surface area contributed by atoms with Gasteiger partial charge in [0.05, 0.1) is 31.5 Å². The Labute approximate surface area is 148 Å². The SMILES string of the molecule is O=C(CNC(=O)Cc1csc(N2CCCC2=O)n1)NCc1ccco1. The van der Waals surface area contributed by atoms with Crippen molar-refractivity contribution < 1.29 is 18.8 Å². The monoisotopic (exact) mass is 362 g/mol. The van der Waals surface area contributed by atoms with Crippen molar-refractivity contribution in [2.45, 2.75) is 25.8 Å². The molecule has 3 rings (SSSR count). The van der Waals surface area contributed by atoms with Crippen LogP contribution in [0.1, 0.15) is 24.3 Å². The molecule has 1 saturated heterocycles. The smallest absolute Gasteiger partial charge is 0.239 e. The summed E-state index contributed by atoms with van der Waals surface area (Å²) in [5.74, 6) is 0.119. The summed E-state index contributed by atoms with van der Waals surface area (Å²) < 4.78 is 5.10. The number of thiazole rings is 1. The quantitative estimate of drug-likeness (QED) is 0.759. The summed E-state index contributed by atoms with van der Waals surface area (Å²) in [5.41, 5.74) is 0.591. The number of anilines is 1. The van der Waals surface area contributed by atoms with Crippen LogP contribution >= 0.6 is 11.3 Å². The third-order valence-corrected chi connectivity index (χ3v) is 4.58. The van der Waals surface area contributed by atoms with E-state index in [4.69, 9.17) is 4.42 Å². The zero-order chi connectivity index (χ0) is 17.6. The average molecular weight is 362 g/mol. The number of carbonyl (C=O) groups excluding carboxylic acids is 3. The molecule has 0 saturated carbocycles. The highest BCUT2D eigenvalue weighted by molar-refractivity contribution is 7.14. The van der Waals surface area contributed by atoms with Gasteiger partial charge in [0, 0.05) is 18.3 Å². The second-order valence-electron chi connectivity index (χ2n) is 5.58. The predicted molar refractivity (Wildman–Crippen MR) is 91.0 cm³/mol. The molecule has 132 valence electrons. The van der Waals surface area contributed by atoms with Gasteiger partial charge in [-0.1, -0.05) is 0 Å². The highest BCUT2D eigenvalue weighted by Gasteiger charge is 2.24. The molecule has 1 aliphatic rings. The average Bonchev–Trinajstić information content (AvgIpc) is 3.32. The second kappa shape index (κ2) is 7.93. The van der Waals surface area contributed by atoms with E-state index >= 15 is 0 Å². The standard InChI is InChI=1S/C16H18N4O4S/c21-13(18-9-14(22)17-8-12-3-2-6-24-12)7-11-10-25-16(19-11)20-5-1-4-15(20)23/h2-3,6,10H,1,4-5,7-9H2,(H,17,22)(H,18,21). The maximum atomic E-state index is 11.9. The fourth-order valence-electron chi connectivity index (χ4n) is 2.42. The van der Waals surface area contributed by atoms with E-state index in [1.165, 1.54) is 17.6 Å². The molecule has 0 bridgehead atoms. The normalized spacial score (nSPS) is 13.9. The molecule has 3 amide bonds. The van der Waals surface area contributed by atoms with Crippen molar-refractivity contribution in [2.24, 2.45) is 0 Å². The van der Waals surface area contributed by atoms with E-state index in [1.54, 1.807) is 22.4 Å². The number of nitrogens with one attached hydrogen (secondary N) is 2. The number of aromatic nitrogens is 1. The fourth-order valence-corrected chi connectivity index (χ4v) is 3.29. The molecule has 2 aromatic rings. The van der Waals surface area contributed by atoms with Gasteiger partial charge in [-0.2, -0.15) is 0 Å². The van der Waals surface area contributed by atoms with Gasteiger partial charge in [-0.3, -0.25) is 19.3 Å². The highest BCUT2D eigenvalue weighted by atomic mass is 32.1. The summed E-state index contributed by atoms with van der Waals surface area (Å²) in [6, 6.07) is 3.49. The van der Waals surface area contributed by atoms with Crippen LogP contribution in [0.4, 0.5) is 5.13 Å². The molecule has 0 aromatic carbocycles. The first-order valence-corrected chi connectivity index (χ1v) is 8.80. The number of furan rings is 1. The van der Waals surface area contributed by atoms with E-state index in [1.807, 2.05) is 0 Å². The Morgan fingerprint density at radius 1 is 1.32 bits per heavy atom. The maximum Gasteiger partial charge on any atom is 0.239 e. The first-order valence-electron chi connectivity index (χ1n) is 7.92. The van der Waals surface area contributed by atoms with Crippen molar-refractivity contribution in [3.05, 3.63) is 35.2 Å². The molecule has 1 fully saturated rings. The number of amides is 3. The van der Waals surface area contributed by atoms with Gasteiger partial charge in [0.1, 0.15) is 5.76 Å². The molecule has 2 N–H and O–H groups in total. The third-order valence-electron chi connectivity index (χ3n) is 3.67. The lowest BCUT2D eigenvalue weighted by Crippen LogP contribution is -2.37. The first-order chi connectivity index (χ1) is 12.1. The fraction of sp³-hybridized carbons (Fsp3) is 0.375. The molecule has 0 atom stereocenters. The van der Waals surface area contributed by atoms with Crippen LogP contribution in [0.25, 0.3) is 0 Å². The molecule has 8 nitrogen and oxygen atoms in total. The molecular formula is C16H18N4O4S. The van der Waals surface area contributed by atoms with Gasteiger partial charge in [0.25, 0.3) is 0 Å². The van der Waals surface area contributed by atoms with Gasteiger partial charge in [0.15, 0.2) is 5.13 Å². The van der Waals surface area contributed by atoms with Gasteiger partial charge in [-0.15, -0.1) is 11.3 Å². The van der Waals surface area contributed by atoms with Crippen molar-refractivity contribution in [3.63, 3.8) is 0 Å². The number of hydrogen-bond acceptors (Lipinski definition) is 6. The van der Waals surface area contributed by atoms with Crippen molar-refractivity contribution >= 4 is 34.2 Å². The van der Waals surface area contributed by atoms with Crippen LogP contribution < -0.4 is 15.5 Å². The number of nitrogens with zero attached hydrogens (tertiary/aromatic N) is 2. The summed E-state index contributed by atoms with van der Waals surface area (Å²) in [7, 11) is 0. The van der Waals surface area contributed by atoms with Crippen molar-refractivity contribution in [1.29, 1.82) is 0 Å². The topological polar surface area (TPSA) is 105 Å². The Balaban J connectivity index is 1.41. The van der Waals surface area contributed by atoms with Gasteiger partial charge >= 0.3 is 0 Å². The summed E-state index contributed by atoms with van der Waals surface area (Å²) in [6.07, 6.45) is 2.98. The van der Waals surface area contributed by atoms with Crippen LogP contribution in [-0.2, 0) is 27.3 Å². The lowest BCUT2D eigenvalue weighted by molar-refractivity contribution is -0.125. The number of rotatable bonds is 7. The molecule has 0 spiro atoms. The molecular weight excluding hydrogens is 344 g/mol. The van der Waals surface area contributed by atoms with Gasteiger partial charge in [-0.05, 0) is 18.6 Å². The molecule has 0 radical (unpaired) electrons. The van der Waals surface area contributed by atoms with E-state index in [0.717, 1.165) is 6.42 Å². The molecule has 0 aliphatic carbocycles. The van der Waals surface area contributed by atoms with Crippen LogP contribution in [-0.4, -0.2) is 35.8 Å². The molecule has 3 heterocycles. The minimum atomic E-state index is -0.300. The van der Waals surface area contributed by atoms with Crippen molar-refractivity contribution in [1.82, 2.24) is 15.6 Å². The molecule has 0 unspecified atom stereocenters. The number of carbonyl (C=O) groups is 3. The lowest BCUT2D eigenvalue weighted by Gasteiger charge is -2.10. The Kier molecular flexibility index (Phi) is 5.44. The van der Waals surface area contributed by atoms with E-state index < -0.39 is 0 Å². The maximum absolute atomic E-state index is 11.9. The Morgan fingerprint density at radius 3 is 2.92 bits per heavy atom. The van der Waals surface area contributed by atoms with Crippen molar-refractivity contribution in [3.8, 4) is 0 Å². The Morgan fingerprint density at radius 2 is 2.20 bits per heavy atom. The van der Waals surface area contributed by atoms with Crippen LogP contribution in [0, 0.1) is 0 Å². The predicted octanol–water partition coefficient (Wildman–Crippen LogP) is 0.838. The number of hydrogen-bond donors (Lipinski definition) is 2.